The minimum atomic E-state index is 0. The first kappa shape index (κ1) is 16.7. The number of carbonyl (C=O) groups excluding carboxylic acids is 1. The van der Waals surface area contributed by atoms with Gasteiger partial charge >= 0.3 is 0 Å². The Morgan fingerprint density at radius 2 is 2.26 bits per heavy atom. The Labute approximate surface area is 121 Å². The summed E-state index contributed by atoms with van der Waals surface area (Å²) in [6.07, 6.45) is 3.11. The summed E-state index contributed by atoms with van der Waals surface area (Å²) in [5.41, 5.74) is 0. The second-order valence-corrected chi connectivity index (χ2v) is 5.23. The van der Waals surface area contributed by atoms with Crippen LogP contribution in [0.3, 0.4) is 0 Å². The highest BCUT2D eigenvalue weighted by Crippen LogP contribution is 2.28. The molecule has 0 bridgehead atoms. The lowest BCUT2D eigenvalue weighted by molar-refractivity contribution is -0.134. The number of hydrogen-bond acceptors (Lipinski definition) is 4. The molecule has 0 aromatic carbocycles. The van der Waals surface area contributed by atoms with Gasteiger partial charge in [-0.3, -0.25) is 4.79 Å². The van der Waals surface area contributed by atoms with E-state index in [0.29, 0.717) is 26.2 Å². The first-order valence-electron chi connectivity index (χ1n) is 6.89. The van der Waals surface area contributed by atoms with Crippen LogP contribution < -0.4 is 5.32 Å². The van der Waals surface area contributed by atoms with Crippen molar-refractivity contribution in [3.05, 3.63) is 0 Å². The third-order valence-corrected chi connectivity index (χ3v) is 3.45. The number of nitrogens with zero attached hydrogens (tertiary/aromatic N) is 1. The molecule has 1 heterocycles. The predicted molar refractivity (Wildman–Crippen MR) is 75.7 cm³/mol. The van der Waals surface area contributed by atoms with Crippen LogP contribution in [0.25, 0.3) is 0 Å². The SMILES string of the molecule is CN(CCOCC1CC1)C(=O)CC1CNCCO1.Cl. The number of rotatable bonds is 7. The van der Waals surface area contributed by atoms with E-state index in [1.807, 2.05) is 7.05 Å². The molecule has 0 radical (unpaired) electrons. The normalized spacial score (nSPS) is 22.7. The largest absolute Gasteiger partial charge is 0.379 e. The van der Waals surface area contributed by atoms with Gasteiger partial charge in [-0.1, -0.05) is 0 Å². The molecule has 1 amide bonds. The Bertz CT molecular complexity index is 269. The van der Waals surface area contributed by atoms with Crippen molar-refractivity contribution in [2.45, 2.75) is 25.4 Å². The van der Waals surface area contributed by atoms with Crippen LogP contribution >= 0.6 is 12.4 Å². The summed E-state index contributed by atoms with van der Waals surface area (Å²) < 4.78 is 11.1. The molecule has 2 rings (SSSR count). The monoisotopic (exact) mass is 292 g/mol. The summed E-state index contributed by atoms with van der Waals surface area (Å²) >= 11 is 0. The zero-order valence-electron chi connectivity index (χ0n) is 11.6. The molecule has 1 N–H and O–H groups in total. The number of hydrogen-bond donors (Lipinski definition) is 1. The molecule has 0 aromatic rings. The van der Waals surface area contributed by atoms with E-state index in [-0.39, 0.29) is 24.4 Å². The van der Waals surface area contributed by atoms with Gasteiger partial charge in [0.15, 0.2) is 0 Å². The van der Waals surface area contributed by atoms with Gasteiger partial charge in [0, 0.05) is 33.3 Å². The lowest BCUT2D eigenvalue weighted by Gasteiger charge is -2.25. The fourth-order valence-electron chi connectivity index (χ4n) is 1.96. The Balaban J connectivity index is 0.00000180. The highest BCUT2D eigenvalue weighted by Gasteiger charge is 2.22. The molecule has 5 nitrogen and oxygen atoms in total. The van der Waals surface area contributed by atoms with Crippen LogP contribution in [0.5, 0.6) is 0 Å². The van der Waals surface area contributed by atoms with Gasteiger partial charge in [-0.05, 0) is 18.8 Å². The maximum absolute atomic E-state index is 11.9. The topological polar surface area (TPSA) is 50.8 Å². The lowest BCUT2D eigenvalue weighted by Crippen LogP contribution is -2.42. The van der Waals surface area contributed by atoms with E-state index in [0.717, 1.165) is 25.6 Å². The van der Waals surface area contributed by atoms with E-state index in [2.05, 4.69) is 5.32 Å². The van der Waals surface area contributed by atoms with Crippen LogP contribution in [0.4, 0.5) is 0 Å². The summed E-state index contributed by atoms with van der Waals surface area (Å²) in [5.74, 6) is 0.923. The van der Waals surface area contributed by atoms with Crippen molar-refractivity contribution in [1.82, 2.24) is 10.2 Å². The molecular formula is C13H25ClN2O3. The van der Waals surface area contributed by atoms with Crippen LogP contribution in [0, 0.1) is 5.92 Å². The van der Waals surface area contributed by atoms with E-state index < -0.39 is 0 Å². The Morgan fingerprint density at radius 1 is 1.47 bits per heavy atom. The number of amides is 1. The molecule has 1 atom stereocenters. The first-order chi connectivity index (χ1) is 8.75. The van der Waals surface area contributed by atoms with Crippen molar-refractivity contribution in [3.63, 3.8) is 0 Å². The van der Waals surface area contributed by atoms with E-state index in [1.165, 1.54) is 12.8 Å². The maximum Gasteiger partial charge on any atom is 0.225 e. The van der Waals surface area contributed by atoms with Gasteiger partial charge in [0.1, 0.15) is 0 Å². The zero-order valence-corrected chi connectivity index (χ0v) is 12.4. The molecule has 1 aliphatic carbocycles. The smallest absolute Gasteiger partial charge is 0.225 e. The maximum atomic E-state index is 11.9. The number of likely N-dealkylation sites (N-methyl/N-ethyl adjacent to an activating group) is 1. The number of carbonyl (C=O) groups is 1. The number of halogens is 1. The molecule has 1 aliphatic heterocycles. The minimum Gasteiger partial charge on any atom is -0.379 e. The molecular weight excluding hydrogens is 268 g/mol. The standard InChI is InChI=1S/C13H24N2O3.ClH/c1-15(5-7-17-10-11-2-3-11)13(16)8-12-9-14-4-6-18-12;/h11-12,14H,2-10H2,1H3;1H. The van der Waals surface area contributed by atoms with Gasteiger partial charge in [-0.2, -0.15) is 0 Å². The quantitative estimate of drug-likeness (QED) is 0.701. The van der Waals surface area contributed by atoms with Crippen molar-refractivity contribution in [3.8, 4) is 0 Å². The number of nitrogens with one attached hydrogen (secondary N) is 1. The lowest BCUT2D eigenvalue weighted by atomic mass is 10.2. The molecule has 2 aliphatic rings. The molecule has 112 valence electrons. The Hall–Kier alpha value is -0.360. The van der Waals surface area contributed by atoms with Gasteiger partial charge < -0.3 is 19.7 Å². The van der Waals surface area contributed by atoms with E-state index in [1.54, 1.807) is 4.90 Å². The van der Waals surface area contributed by atoms with Crippen molar-refractivity contribution < 1.29 is 14.3 Å². The van der Waals surface area contributed by atoms with E-state index >= 15 is 0 Å². The van der Waals surface area contributed by atoms with Gasteiger partial charge in [0.2, 0.25) is 5.91 Å². The fraction of sp³-hybridized carbons (Fsp3) is 0.923. The predicted octanol–water partition coefficient (Wildman–Crippen LogP) is 0.672. The third-order valence-electron chi connectivity index (χ3n) is 3.45. The Kier molecular flexibility index (Phi) is 7.68. The van der Waals surface area contributed by atoms with Gasteiger partial charge in [-0.25, -0.2) is 0 Å². The second kappa shape index (κ2) is 8.74. The van der Waals surface area contributed by atoms with Crippen molar-refractivity contribution in [2.75, 3.05) is 46.5 Å². The van der Waals surface area contributed by atoms with Crippen LogP contribution in [-0.4, -0.2) is 63.4 Å². The summed E-state index contributed by atoms with van der Waals surface area (Å²) in [6, 6.07) is 0. The van der Waals surface area contributed by atoms with Crippen molar-refractivity contribution in [2.24, 2.45) is 5.92 Å². The van der Waals surface area contributed by atoms with Crippen LogP contribution in [0.15, 0.2) is 0 Å². The molecule has 0 aromatic heterocycles. The third kappa shape index (κ3) is 6.56. The van der Waals surface area contributed by atoms with Crippen LogP contribution in [0.1, 0.15) is 19.3 Å². The van der Waals surface area contributed by atoms with Crippen LogP contribution in [-0.2, 0) is 14.3 Å². The Morgan fingerprint density at radius 3 is 2.89 bits per heavy atom. The highest BCUT2D eigenvalue weighted by molar-refractivity contribution is 5.85. The molecule has 0 spiro atoms. The summed E-state index contributed by atoms with van der Waals surface area (Å²) in [7, 11) is 1.83. The van der Waals surface area contributed by atoms with Gasteiger partial charge in [-0.15, -0.1) is 12.4 Å². The molecule has 1 saturated carbocycles. The van der Waals surface area contributed by atoms with Gasteiger partial charge in [0.05, 0.1) is 25.7 Å². The zero-order chi connectivity index (χ0) is 12.8. The number of morpholine rings is 1. The molecule has 1 unspecified atom stereocenters. The first-order valence-corrected chi connectivity index (χ1v) is 6.89. The summed E-state index contributed by atoms with van der Waals surface area (Å²) in [6.45, 7) is 4.53. The molecule has 6 heteroatoms. The molecule has 19 heavy (non-hydrogen) atoms. The minimum absolute atomic E-state index is 0. The van der Waals surface area contributed by atoms with E-state index in [9.17, 15) is 4.79 Å². The van der Waals surface area contributed by atoms with E-state index in [4.69, 9.17) is 9.47 Å². The number of ether oxygens (including phenoxy) is 2. The average Bonchev–Trinajstić information content (AvgIpc) is 3.19. The van der Waals surface area contributed by atoms with Gasteiger partial charge in [0.25, 0.3) is 0 Å². The summed E-state index contributed by atoms with van der Waals surface area (Å²) in [5, 5.41) is 3.23. The van der Waals surface area contributed by atoms with Crippen molar-refractivity contribution >= 4 is 18.3 Å². The molecule has 1 saturated heterocycles. The second-order valence-electron chi connectivity index (χ2n) is 5.23. The fourth-order valence-corrected chi connectivity index (χ4v) is 1.96. The van der Waals surface area contributed by atoms with Crippen LogP contribution in [0.2, 0.25) is 0 Å². The highest BCUT2D eigenvalue weighted by atomic mass is 35.5. The average molecular weight is 293 g/mol. The molecule has 2 fully saturated rings. The summed E-state index contributed by atoms with van der Waals surface area (Å²) in [4.78, 5) is 13.7. The van der Waals surface area contributed by atoms with Crippen molar-refractivity contribution in [1.29, 1.82) is 0 Å².